The fourth-order valence-electron chi connectivity index (χ4n) is 10.7. The Hall–Kier alpha value is -0.830. The first kappa shape index (κ1) is 67.2. The zero-order valence-corrected chi connectivity index (χ0v) is 51.6. The fraction of sp³-hybridized carbons (Fsp3) is 0.984. The molecule has 0 radical (unpaired) electrons. The lowest BCUT2D eigenvalue weighted by Gasteiger charge is -2.51. The number of hydrogen-bond acceptors (Lipinski definition) is 9. The van der Waals surface area contributed by atoms with Crippen LogP contribution in [-0.2, 0) is 0 Å². The van der Waals surface area contributed by atoms with Crippen LogP contribution in [0.25, 0.3) is 0 Å². The van der Waals surface area contributed by atoms with E-state index in [4.69, 9.17) is 0 Å². The molecule has 9 heteroatoms. The third kappa shape index (κ3) is 23.0. The van der Waals surface area contributed by atoms with Crippen molar-refractivity contribution in [2.24, 2.45) is 52.8 Å². The average Bonchev–Trinajstić information content (AvgIpc) is 3.77. The van der Waals surface area contributed by atoms with E-state index in [-0.39, 0.29) is 5.41 Å². The molecule has 6 fully saturated rings. The second kappa shape index (κ2) is 32.6. The number of nitrogens with zero attached hydrogens (tertiary/aromatic N) is 8. The highest BCUT2D eigenvalue weighted by Crippen LogP contribution is 2.38. The number of hydrogen-bond donors (Lipinski definition) is 1. The molecule has 1 atom stereocenters. The Morgan fingerprint density at radius 2 is 0.657 bits per heavy atom. The van der Waals surface area contributed by atoms with E-state index >= 15 is 0 Å². The number of piperidine rings is 2. The summed E-state index contributed by atoms with van der Waals surface area (Å²) in [6.45, 7) is 71.0. The van der Waals surface area contributed by atoms with Crippen molar-refractivity contribution >= 4 is 0 Å². The van der Waals surface area contributed by atoms with E-state index in [9.17, 15) is 10.4 Å². The molecule has 6 aliphatic heterocycles. The molecule has 0 bridgehead atoms. The number of β-amino-alcohol motifs (C(OH)–C–C–N with tert-alkyl or cyclic N) is 1. The monoisotopic (exact) mass is 987 g/mol. The normalized spacial score (nSPS) is 23.5. The van der Waals surface area contributed by atoms with Gasteiger partial charge in [-0.1, -0.05) is 69.2 Å². The maximum Gasteiger partial charge on any atom is 0.0923 e. The Labute approximate surface area is 439 Å². The first-order valence-electron chi connectivity index (χ1n) is 29.7. The quantitative estimate of drug-likeness (QED) is 0.206. The minimum Gasteiger partial charge on any atom is -0.387 e. The minimum atomic E-state index is -0.399. The van der Waals surface area contributed by atoms with Gasteiger partial charge >= 0.3 is 0 Å². The van der Waals surface area contributed by atoms with Crippen LogP contribution in [0.1, 0.15) is 198 Å². The summed E-state index contributed by atoms with van der Waals surface area (Å²) in [7, 11) is 0. The van der Waals surface area contributed by atoms with E-state index < -0.39 is 5.60 Å². The smallest absolute Gasteiger partial charge is 0.0923 e. The van der Waals surface area contributed by atoms with Crippen LogP contribution in [-0.4, -0.2) is 179 Å². The molecule has 0 amide bonds. The molecular formula is C61H126N8O. The molecular weight excluding hydrogens is 861 g/mol. The van der Waals surface area contributed by atoms with Gasteiger partial charge in [-0.3, -0.25) is 14.7 Å². The first-order chi connectivity index (χ1) is 32.4. The lowest BCUT2D eigenvalue weighted by molar-refractivity contribution is -0.138. The van der Waals surface area contributed by atoms with Gasteiger partial charge in [-0.2, -0.15) is 5.26 Å². The van der Waals surface area contributed by atoms with Crippen LogP contribution in [0.2, 0.25) is 0 Å². The third-order valence-corrected chi connectivity index (χ3v) is 18.1. The first-order valence-corrected chi connectivity index (χ1v) is 29.7. The topological polar surface area (TPSA) is 66.7 Å². The lowest BCUT2D eigenvalue weighted by atomic mass is 9.71. The Bertz CT molecular complexity index is 1260. The zero-order chi connectivity index (χ0) is 53.8. The molecule has 0 saturated carbocycles. The molecule has 6 aliphatic rings. The summed E-state index contributed by atoms with van der Waals surface area (Å²) in [6.07, 6.45) is 6.32. The highest BCUT2D eigenvalue weighted by molar-refractivity contribution is 5.04. The molecule has 1 unspecified atom stereocenters. The number of rotatable bonds is 12. The number of nitriles is 1. The van der Waals surface area contributed by atoms with Crippen LogP contribution < -0.4 is 0 Å². The highest BCUT2D eigenvalue weighted by Gasteiger charge is 2.44. The standard InChI is InChI=1S/C12H22N2.C11H23N.C10H22N2.C10H21N.C9H19NO.C9H19N/c1-10(2)12(9-13)5-7-14(8-6-12)11(3)4;2*1-9(2)11-5-7-12(8-6-11)10(3)4;1-8(2)10-5-6-11(7-10)9(3)4;1-7(2)9(11)5-10(6-9)8(3)4;1-7(2)9-5-10(6-9)8(3)4/h10-11H,5-8H2,1-4H3;9-11H,5-8H2,1-4H3;9-10H,5-8H2,1-4H3;8-10H,5-7H2,1-4H3;7-8,11H,5-6H2,1-4H3;7-9H,5-6H2,1-4H3. The molecule has 0 aromatic heterocycles. The van der Waals surface area contributed by atoms with Gasteiger partial charge in [-0.15, -0.1) is 0 Å². The molecule has 0 spiro atoms. The van der Waals surface area contributed by atoms with Gasteiger partial charge in [0.05, 0.1) is 17.1 Å². The maximum atomic E-state index is 9.86. The number of likely N-dealkylation sites (tertiary alicyclic amines) is 5. The number of piperazine rings is 1. The Morgan fingerprint density at radius 3 is 0.929 bits per heavy atom. The van der Waals surface area contributed by atoms with E-state index in [0.29, 0.717) is 23.9 Å². The van der Waals surface area contributed by atoms with E-state index in [1.54, 1.807) is 0 Å². The fourth-order valence-corrected chi connectivity index (χ4v) is 10.7. The summed E-state index contributed by atoms with van der Waals surface area (Å²) in [5.74, 6) is 6.44. The van der Waals surface area contributed by atoms with Crippen LogP contribution in [0.3, 0.4) is 0 Å². The predicted molar refractivity (Wildman–Crippen MR) is 308 cm³/mol. The molecule has 1 N–H and O–H groups in total. The predicted octanol–water partition coefficient (Wildman–Crippen LogP) is 12.3. The van der Waals surface area contributed by atoms with Gasteiger partial charge in [-0.05, 0) is 209 Å². The van der Waals surface area contributed by atoms with Gasteiger partial charge in [0.15, 0.2) is 0 Å². The molecule has 6 saturated heterocycles. The van der Waals surface area contributed by atoms with E-state index in [1.807, 2.05) is 0 Å². The van der Waals surface area contributed by atoms with Crippen LogP contribution in [0.4, 0.5) is 0 Å². The summed E-state index contributed by atoms with van der Waals surface area (Å²) < 4.78 is 0. The lowest BCUT2D eigenvalue weighted by Crippen LogP contribution is -2.66. The Kier molecular flexibility index (Phi) is 31.3. The molecule has 9 nitrogen and oxygen atoms in total. The van der Waals surface area contributed by atoms with Crippen molar-refractivity contribution in [2.75, 3.05) is 91.6 Å². The average molecular weight is 988 g/mol. The molecule has 0 aromatic rings. The van der Waals surface area contributed by atoms with Crippen molar-refractivity contribution in [3.05, 3.63) is 0 Å². The summed E-state index contributed by atoms with van der Waals surface area (Å²) >= 11 is 0. The maximum absolute atomic E-state index is 9.86. The van der Waals surface area contributed by atoms with Crippen molar-refractivity contribution < 1.29 is 5.11 Å². The summed E-state index contributed by atoms with van der Waals surface area (Å²) in [5.41, 5.74) is -0.449. The van der Waals surface area contributed by atoms with Gasteiger partial charge in [0.25, 0.3) is 0 Å². The van der Waals surface area contributed by atoms with Crippen molar-refractivity contribution in [1.82, 2.24) is 34.3 Å². The van der Waals surface area contributed by atoms with Gasteiger partial charge in [0.2, 0.25) is 0 Å². The van der Waals surface area contributed by atoms with Crippen LogP contribution in [0.15, 0.2) is 0 Å². The van der Waals surface area contributed by atoms with Crippen molar-refractivity contribution in [2.45, 2.75) is 246 Å². The molecule has 6 heterocycles. The van der Waals surface area contributed by atoms with Gasteiger partial charge in [0, 0.05) is 101 Å². The van der Waals surface area contributed by atoms with Gasteiger partial charge in [0.1, 0.15) is 0 Å². The highest BCUT2D eigenvalue weighted by atomic mass is 16.3. The minimum absolute atomic E-state index is 0.0502. The molecule has 0 aliphatic carbocycles. The summed E-state index contributed by atoms with van der Waals surface area (Å²) in [6, 6.07) is 7.45. The molecule has 0 aromatic carbocycles. The van der Waals surface area contributed by atoms with E-state index in [1.165, 1.54) is 84.7 Å². The third-order valence-electron chi connectivity index (χ3n) is 18.1. The van der Waals surface area contributed by atoms with Gasteiger partial charge in [-0.25, -0.2) is 0 Å². The Balaban J connectivity index is 0.000000421. The zero-order valence-electron chi connectivity index (χ0n) is 51.6. The van der Waals surface area contributed by atoms with Crippen LogP contribution in [0, 0.1) is 64.1 Å². The van der Waals surface area contributed by atoms with Crippen LogP contribution >= 0.6 is 0 Å². The largest absolute Gasteiger partial charge is 0.387 e. The second-order valence-electron chi connectivity index (χ2n) is 26.7. The van der Waals surface area contributed by atoms with E-state index in [0.717, 1.165) is 105 Å². The number of aliphatic hydroxyl groups is 1. The molecule has 70 heavy (non-hydrogen) atoms. The van der Waals surface area contributed by atoms with Gasteiger partial charge < -0.3 is 24.7 Å². The van der Waals surface area contributed by atoms with Crippen molar-refractivity contribution in [3.63, 3.8) is 0 Å². The Morgan fingerprint density at radius 1 is 0.357 bits per heavy atom. The molecule has 6 rings (SSSR count). The van der Waals surface area contributed by atoms with Crippen molar-refractivity contribution in [3.8, 4) is 6.07 Å². The molecule has 416 valence electrons. The van der Waals surface area contributed by atoms with Crippen molar-refractivity contribution in [1.29, 1.82) is 5.26 Å². The SMILES string of the molecule is CC(C)C1CCN(C(C)C)C1.CC(C)C1CCN(C(C)C)CC1.CC(C)C1CN(C(C)C)C1.CC(C)N1CC(O)(C(C)C)C1.CC(C)N1CCC(C#N)(C(C)C)CC1.CC(C)N1CCN(C(C)C)CC1. The second-order valence-corrected chi connectivity index (χ2v) is 26.7. The summed E-state index contributed by atoms with van der Waals surface area (Å²) in [4.78, 5) is 17.6. The van der Waals surface area contributed by atoms with Crippen LogP contribution in [0.5, 0.6) is 0 Å². The summed E-state index contributed by atoms with van der Waals surface area (Å²) in [5, 5.41) is 19.1. The van der Waals surface area contributed by atoms with E-state index in [2.05, 4.69) is 207 Å².